The second kappa shape index (κ2) is 8.87. The summed E-state index contributed by atoms with van der Waals surface area (Å²) in [6.45, 7) is 1.46. The maximum atomic E-state index is 13.2. The summed E-state index contributed by atoms with van der Waals surface area (Å²) in [6, 6.07) is 7.30. The molecule has 0 bridgehead atoms. The molecular formula is C18H19BrClN3O2S2. The minimum atomic E-state index is -0.0569. The number of anilines is 1. The van der Waals surface area contributed by atoms with E-state index >= 15 is 0 Å². The van der Waals surface area contributed by atoms with Crippen molar-refractivity contribution < 1.29 is 9.53 Å². The van der Waals surface area contributed by atoms with Crippen LogP contribution in [0.15, 0.2) is 28.1 Å². The molecule has 0 saturated carbocycles. The van der Waals surface area contributed by atoms with Gasteiger partial charge in [0.25, 0.3) is 5.91 Å². The largest absolute Gasteiger partial charge is 0.494 e. The van der Waals surface area contributed by atoms with Crippen LogP contribution in [0.25, 0.3) is 10.2 Å². The smallest absolute Gasteiger partial charge is 0.270 e. The van der Waals surface area contributed by atoms with Gasteiger partial charge < -0.3 is 9.64 Å². The van der Waals surface area contributed by atoms with E-state index in [1.165, 1.54) is 22.7 Å². The quantitative estimate of drug-likeness (QED) is 0.448. The minimum absolute atomic E-state index is 0.0569. The number of thiazole rings is 1. The molecule has 3 rings (SSSR count). The molecule has 0 unspecified atom stereocenters. The number of aromatic nitrogens is 1. The fraction of sp³-hybridized carbons (Fsp3) is 0.333. The van der Waals surface area contributed by atoms with Crippen LogP contribution in [-0.4, -0.2) is 50.1 Å². The number of benzene rings is 1. The Labute approximate surface area is 179 Å². The van der Waals surface area contributed by atoms with Gasteiger partial charge >= 0.3 is 0 Å². The van der Waals surface area contributed by atoms with Gasteiger partial charge in [-0.05, 0) is 67.3 Å². The lowest BCUT2D eigenvalue weighted by atomic mass is 10.3. The van der Waals surface area contributed by atoms with E-state index in [9.17, 15) is 4.79 Å². The van der Waals surface area contributed by atoms with Crippen molar-refractivity contribution in [2.24, 2.45) is 0 Å². The van der Waals surface area contributed by atoms with E-state index < -0.39 is 0 Å². The van der Waals surface area contributed by atoms with Crippen LogP contribution in [0.2, 0.25) is 5.02 Å². The van der Waals surface area contributed by atoms with Crippen molar-refractivity contribution in [3.8, 4) is 5.75 Å². The summed E-state index contributed by atoms with van der Waals surface area (Å²) in [7, 11) is 5.64. The maximum Gasteiger partial charge on any atom is 0.270 e. The number of thiophene rings is 1. The van der Waals surface area contributed by atoms with Gasteiger partial charge in [-0.15, -0.1) is 11.3 Å². The Bertz CT molecular complexity index is 957. The average molecular weight is 489 g/mol. The number of rotatable bonds is 7. The Morgan fingerprint density at radius 2 is 2.00 bits per heavy atom. The standard InChI is InChI=1S/C18H19BrClN3O2S2/c1-22(2)9-4-10-23(17(24)13-7-8-14(19)26-13)18-21-15-12(25-3)6-5-11(20)16(15)27-18/h5-8H,4,9-10H2,1-3H3. The molecule has 0 N–H and O–H groups in total. The monoisotopic (exact) mass is 487 g/mol. The average Bonchev–Trinajstić information content (AvgIpc) is 3.25. The van der Waals surface area contributed by atoms with Crippen molar-refractivity contribution in [2.75, 3.05) is 39.2 Å². The Hall–Kier alpha value is -1.19. The Morgan fingerprint density at radius 1 is 1.22 bits per heavy atom. The van der Waals surface area contributed by atoms with E-state index in [1.807, 2.05) is 26.2 Å². The molecule has 9 heteroatoms. The number of nitrogens with zero attached hydrogens (tertiary/aromatic N) is 3. The fourth-order valence-electron chi connectivity index (χ4n) is 2.61. The summed E-state index contributed by atoms with van der Waals surface area (Å²) in [4.78, 5) is 22.4. The van der Waals surface area contributed by atoms with Crippen molar-refractivity contribution in [2.45, 2.75) is 6.42 Å². The second-order valence-electron chi connectivity index (χ2n) is 6.14. The molecule has 0 fully saturated rings. The maximum absolute atomic E-state index is 13.2. The molecule has 5 nitrogen and oxygen atoms in total. The molecule has 144 valence electrons. The summed E-state index contributed by atoms with van der Waals surface area (Å²) in [5, 5.41) is 1.23. The molecule has 0 aliphatic carbocycles. The van der Waals surface area contributed by atoms with Crippen LogP contribution < -0.4 is 9.64 Å². The molecule has 0 saturated heterocycles. The topological polar surface area (TPSA) is 45.7 Å². The molecule has 0 spiro atoms. The lowest BCUT2D eigenvalue weighted by Crippen LogP contribution is -2.32. The van der Waals surface area contributed by atoms with Crippen LogP contribution in [-0.2, 0) is 0 Å². The first-order valence-electron chi connectivity index (χ1n) is 8.25. The second-order valence-corrected chi connectivity index (χ2v) is 9.99. The number of fused-ring (bicyclic) bond motifs is 1. The first-order valence-corrected chi connectivity index (χ1v) is 11.1. The number of hydrogen-bond donors (Lipinski definition) is 0. The third-order valence-corrected chi connectivity index (χ3v) is 7.06. The number of halogens is 2. The Balaban J connectivity index is 2.00. The molecular weight excluding hydrogens is 470 g/mol. The zero-order chi connectivity index (χ0) is 19.6. The first-order chi connectivity index (χ1) is 12.9. The van der Waals surface area contributed by atoms with Gasteiger partial charge in [0, 0.05) is 6.54 Å². The molecule has 2 heterocycles. The number of amides is 1. The van der Waals surface area contributed by atoms with Gasteiger partial charge in [-0.3, -0.25) is 9.69 Å². The minimum Gasteiger partial charge on any atom is -0.494 e. The molecule has 0 aliphatic rings. The van der Waals surface area contributed by atoms with E-state index in [0.717, 1.165) is 21.5 Å². The van der Waals surface area contributed by atoms with Gasteiger partial charge in [0.2, 0.25) is 0 Å². The molecule has 1 amide bonds. The molecule has 3 aromatic rings. The highest BCUT2D eigenvalue weighted by molar-refractivity contribution is 9.11. The van der Waals surface area contributed by atoms with Crippen molar-refractivity contribution in [3.05, 3.63) is 38.0 Å². The molecule has 27 heavy (non-hydrogen) atoms. The van der Waals surface area contributed by atoms with Gasteiger partial charge in [0.15, 0.2) is 5.13 Å². The van der Waals surface area contributed by atoms with Crippen molar-refractivity contribution >= 4 is 71.5 Å². The number of hydrogen-bond acceptors (Lipinski definition) is 6. The lowest BCUT2D eigenvalue weighted by molar-refractivity contribution is 0.0990. The summed E-state index contributed by atoms with van der Waals surface area (Å²) < 4.78 is 7.15. The van der Waals surface area contributed by atoms with Gasteiger partial charge in [0.1, 0.15) is 11.3 Å². The van der Waals surface area contributed by atoms with E-state index in [0.29, 0.717) is 32.8 Å². The SMILES string of the molecule is COc1ccc(Cl)c2sc(N(CCCN(C)C)C(=O)c3ccc(Br)s3)nc12. The fourth-order valence-corrected chi connectivity index (χ4v) is 5.23. The highest BCUT2D eigenvalue weighted by Gasteiger charge is 2.24. The van der Waals surface area contributed by atoms with Gasteiger partial charge in [-0.2, -0.15) is 0 Å². The highest BCUT2D eigenvalue weighted by atomic mass is 79.9. The molecule has 0 atom stereocenters. The Kier molecular flexibility index (Phi) is 6.75. The highest BCUT2D eigenvalue weighted by Crippen LogP contribution is 2.39. The molecule has 1 aromatic carbocycles. The predicted octanol–water partition coefficient (Wildman–Crippen LogP) is 5.38. The zero-order valence-electron chi connectivity index (χ0n) is 15.2. The van der Waals surface area contributed by atoms with Crippen molar-refractivity contribution in [1.29, 1.82) is 0 Å². The third-order valence-electron chi connectivity index (χ3n) is 3.91. The number of carbonyl (C=O) groups is 1. The summed E-state index contributed by atoms with van der Waals surface area (Å²) in [6.07, 6.45) is 0.839. The third kappa shape index (κ3) is 4.63. The van der Waals surface area contributed by atoms with Crippen LogP contribution in [0.3, 0.4) is 0 Å². The number of carbonyl (C=O) groups excluding carboxylic acids is 1. The van der Waals surface area contributed by atoms with Crippen LogP contribution in [0.4, 0.5) is 5.13 Å². The summed E-state index contributed by atoms with van der Waals surface area (Å²) >= 11 is 12.6. The van der Waals surface area contributed by atoms with E-state index in [-0.39, 0.29) is 5.91 Å². The first kappa shape index (κ1) is 20.5. The van der Waals surface area contributed by atoms with Gasteiger partial charge in [-0.1, -0.05) is 22.9 Å². The number of ether oxygens (including phenoxy) is 1. The molecule has 0 aliphatic heterocycles. The Morgan fingerprint density at radius 3 is 2.63 bits per heavy atom. The normalized spacial score (nSPS) is 11.3. The van der Waals surface area contributed by atoms with Gasteiger partial charge in [0.05, 0.1) is 25.5 Å². The van der Waals surface area contributed by atoms with Crippen molar-refractivity contribution in [1.82, 2.24) is 9.88 Å². The lowest BCUT2D eigenvalue weighted by Gasteiger charge is -2.20. The zero-order valence-corrected chi connectivity index (χ0v) is 19.1. The summed E-state index contributed by atoms with van der Waals surface area (Å²) in [5.74, 6) is 0.593. The predicted molar refractivity (Wildman–Crippen MR) is 118 cm³/mol. The van der Waals surface area contributed by atoms with Crippen LogP contribution in [0.1, 0.15) is 16.1 Å². The van der Waals surface area contributed by atoms with E-state index in [4.69, 9.17) is 16.3 Å². The van der Waals surface area contributed by atoms with Crippen molar-refractivity contribution in [3.63, 3.8) is 0 Å². The molecule has 2 aromatic heterocycles. The molecule has 0 radical (unpaired) electrons. The van der Waals surface area contributed by atoms with Crippen LogP contribution >= 0.6 is 50.2 Å². The van der Waals surface area contributed by atoms with E-state index in [2.05, 4.69) is 25.8 Å². The van der Waals surface area contributed by atoms with Gasteiger partial charge in [-0.25, -0.2) is 4.98 Å². The summed E-state index contributed by atoms with van der Waals surface area (Å²) in [5.41, 5.74) is 0.683. The van der Waals surface area contributed by atoms with E-state index in [1.54, 1.807) is 24.1 Å². The van der Waals surface area contributed by atoms with Crippen LogP contribution in [0, 0.1) is 0 Å². The van der Waals surface area contributed by atoms with Crippen LogP contribution in [0.5, 0.6) is 5.75 Å². The number of methoxy groups -OCH3 is 1.